The first-order valence-electron chi connectivity index (χ1n) is 18.1. The first kappa shape index (κ1) is 30.8. The topological polar surface area (TPSA) is 38.7 Å². The van der Waals surface area contributed by atoms with Crippen LogP contribution in [0, 0.1) is 28.6 Å². The minimum absolute atomic E-state index is 0.0259. The highest BCUT2D eigenvalue weighted by atomic mass is 16.5. The van der Waals surface area contributed by atoms with Crippen LogP contribution in [-0.4, -0.2) is 86.8 Å². The smallest absolute Gasteiger partial charge is 0.161 e. The molecule has 2 aliphatic heterocycles. The Balaban J connectivity index is 1.06. The standard InChI is InChI=1S/C39H60N2O3/c1-38-16-14-31(41(4)20-8-9-21-41)27-30(38)11-12-32-33(38)15-17-39(2)34(32)26-29(37(39)42)24-28-10-13-35(36(25-28)43-5)44-23-22-40(3)18-6-7-19-40/h10-11,13,24-25,31-34,37,42H,6-9,12,14-23,26-27H2,1-5H3/q+2/b29-24+/t31-,32+,33-,34-,37-,38-,39-/m0/s1. The molecule has 7 atom stereocenters. The summed E-state index contributed by atoms with van der Waals surface area (Å²) in [6.45, 7) is 12.1. The summed E-state index contributed by atoms with van der Waals surface area (Å²) in [5.74, 6) is 3.61. The summed E-state index contributed by atoms with van der Waals surface area (Å²) < 4.78 is 14.4. The minimum atomic E-state index is -0.367. The summed E-state index contributed by atoms with van der Waals surface area (Å²) in [6.07, 6.45) is 18.8. The quantitative estimate of drug-likeness (QED) is 0.263. The molecule has 5 heteroatoms. The summed E-state index contributed by atoms with van der Waals surface area (Å²) >= 11 is 0. The number of allylic oxidation sites excluding steroid dienone is 1. The number of methoxy groups -OCH3 is 1. The van der Waals surface area contributed by atoms with Gasteiger partial charge in [0.25, 0.3) is 0 Å². The van der Waals surface area contributed by atoms with Crippen molar-refractivity contribution in [2.24, 2.45) is 28.6 Å². The predicted octanol–water partition coefficient (Wildman–Crippen LogP) is 7.24. The summed E-state index contributed by atoms with van der Waals surface area (Å²) in [7, 11) is 6.62. The third-order valence-corrected chi connectivity index (χ3v) is 14.5. The number of hydrogen-bond donors (Lipinski definition) is 1. The third kappa shape index (κ3) is 5.17. The van der Waals surface area contributed by atoms with E-state index in [4.69, 9.17) is 9.47 Å². The van der Waals surface area contributed by atoms with E-state index in [1.54, 1.807) is 12.7 Å². The highest BCUT2D eigenvalue weighted by molar-refractivity contribution is 5.60. The Morgan fingerprint density at radius 3 is 2.43 bits per heavy atom. The van der Waals surface area contributed by atoms with Crippen LogP contribution in [0.3, 0.4) is 0 Å². The number of aliphatic hydroxyl groups is 1. The molecule has 0 aromatic heterocycles. The maximum Gasteiger partial charge on any atom is 0.161 e. The number of rotatable bonds is 7. The lowest BCUT2D eigenvalue weighted by atomic mass is 9.47. The predicted molar refractivity (Wildman–Crippen MR) is 179 cm³/mol. The molecule has 0 amide bonds. The maximum atomic E-state index is 11.9. The SMILES string of the molecule is COc1cc(/C=C2\C[C@H]3[C@@H]4CC=C5C[C@@H]([N+]6(C)CCCC6)CC[C@]5(C)[C@H]4CC[C@]3(C)[C@H]2O)ccc1OCC[N+]1(C)CCCC1. The third-order valence-electron chi connectivity index (χ3n) is 14.5. The molecule has 4 aliphatic carbocycles. The van der Waals surface area contributed by atoms with Crippen LogP contribution >= 0.6 is 0 Å². The molecule has 0 spiro atoms. The van der Waals surface area contributed by atoms with E-state index >= 15 is 0 Å². The summed E-state index contributed by atoms with van der Waals surface area (Å²) in [4.78, 5) is 0. The highest BCUT2D eigenvalue weighted by Gasteiger charge is 2.60. The van der Waals surface area contributed by atoms with E-state index in [1.165, 1.54) is 94.0 Å². The number of likely N-dealkylation sites (N-methyl/N-ethyl adjacent to an activating group) is 1. The van der Waals surface area contributed by atoms with Crippen molar-refractivity contribution >= 4 is 6.08 Å². The molecule has 2 heterocycles. The van der Waals surface area contributed by atoms with Crippen LogP contribution in [0.25, 0.3) is 6.08 Å². The Labute approximate surface area is 267 Å². The minimum Gasteiger partial charge on any atom is -0.493 e. The lowest BCUT2D eigenvalue weighted by Gasteiger charge is -2.58. The van der Waals surface area contributed by atoms with Crippen LogP contribution in [0.5, 0.6) is 11.5 Å². The molecule has 0 unspecified atom stereocenters. The Hall–Kier alpha value is -1.82. The Bertz CT molecular complexity index is 1290. The van der Waals surface area contributed by atoms with Gasteiger partial charge >= 0.3 is 0 Å². The Morgan fingerprint density at radius 1 is 0.932 bits per heavy atom. The molecule has 2 saturated heterocycles. The highest BCUT2D eigenvalue weighted by Crippen LogP contribution is 2.66. The van der Waals surface area contributed by atoms with Gasteiger partial charge in [0.05, 0.1) is 59.5 Å². The molecule has 0 bridgehead atoms. The van der Waals surface area contributed by atoms with Gasteiger partial charge < -0.3 is 23.5 Å². The molecular formula is C39H60N2O3+2. The molecular weight excluding hydrogens is 544 g/mol. The van der Waals surface area contributed by atoms with E-state index in [0.29, 0.717) is 23.9 Å². The van der Waals surface area contributed by atoms with Crippen molar-refractivity contribution in [1.82, 2.24) is 0 Å². The zero-order valence-corrected chi connectivity index (χ0v) is 28.5. The second-order valence-corrected chi connectivity index (χ2v) is 16.9. The van der Waals surface area contributed by atoms with Crippen molar-refractivity contribution in [3.05, 3.63) is 41.0 Å². The van der Waals surface area contributed by atoms with E-state index in [2.05, 4.69) is 58.3 Å². The molecule has 1 N–H and O–H groups in total. The van der Waals surface area contributed by atoms with E-state index < -0.39 is 0 Å². The van der Waals surface area contributed by atoms with Crippen molar-refractivity contribution < 1.29 is 23.5 Å². The van der Waals surface area contributed by atoms with Crippen LogP contribution in [-0.2, 0) is 0 Å². The van der Waals surface area contributed by atoms with Crippen molar-refractivity contribution in [3.8, 4) is 11.5 Å². The zero-order chi connectivity index (χ0) is 30.7. The van der Waals surface area contributed by atoms with Crippen LogP contribution in [0.15, 0.2) is 35.4 Å². The molecule has 3 saturated carbocycles. The van der Waals surface area contributed by atoms with Gasteiger partial charge in [-0.2, -0.15) is 0 Å². The molecule has 5 fully saturated rings. The Morgan fingerprint density at radius 2 is 1.68 bits per heavy atom. The molecule has 0 radical (unpaired) electrons. The van der Waals surface area contributed by atoms with Crippen molar-refractivity contribution in [3.63, 3.8) is 0 Å². The van der Waals surface area contributed by atoms with Crippen molar-refractivity contribution in [2.75, 3.05) is 60.5 Å². The molecule has 1 aromatic rings. The van der Waals surface area contributed by atoms with E-state index in [-0.39, 0.29) is 11.5 Å². The lowest BCUT2D eigenvalue weighted by molar-refractivity contribution is -0.923. The average Bonchev–Trinajstić information content (AvgIpc) is 3.72. The maximum absolute atomic E-state index is 11.9. The molecule has 6 aliphatic rings. The van der Waals surface area contributed by atoms with Gasteiger partial charge in [-0.1, -0.05) is 37.6 Å². The Kier molecular flexibility index (Phi) is 8.02. The lowest BCUT2D eigenvalue weighted by Crippen LogP contribution is -2.56. The second-order valence-electron chi connectivity index (χ2n) is 16.9. The summed E-state index contributed by atoms with van der Waals surface area (Å²) in [5, 5.41) is 11.9. The second kappa shape index (κ2) is 11.5. The molecule has 7 rings (SSSR count). The van der Waals surface area contributed by atoms with Crippen LogP contribution < -0.4 is 9.47 Å². The van der Waals surface area contributed by atoms with Crippen LogP contribution in [0.1, 0.15) is 90.0 Å². The summed E-state index contributed by atoms with van der Waals surface area (Å²) in [5.41, 5.74) is 4.45. The van der Waals surface area contributed by atoms with Crippen molar-refractivity contribution in [1.29, 1.82) is 0 Å². The van der Waals surface area contributed by atoms with Gasteiger partial charge in [-0.3, -0.25) is 0 Å². The number of fused-ring (bicyclic) bond motifs is 5. The van der Waals surface area contributed by atoms with Gasteiger partial charge in [0.15, 0.2) is 11.5 Å². The van der Waals surface area contributed by atoms with Gasteiger partial charge in [-0.15, -0.1) is 0 Å². The number of quaternary nitrogens is 2. The number of nitrogens with zero attached hydrogens (tertiary/aromatic N) is 2. The largest absolute Gasteiger partial charge is 0.493 e. The molecule has 1 aromatic carbocycles. The number of likely N-dealkylation sites (tertiary alicyclic amines) is 2. The van der Waals surface area contributed by atoms with E-state index in [9.17, 15) is 5.11 Å². The van der Waals surface area contributed by atoms with Gasteiger partial charge in [0.2, 0.25) is 0 Å². The molecule has 242 valence electrons. The van der Waals surface area contributed by atoms with E-state index in [1.807, 2.05) is 0 Å². The number of ether oxygens (including phenoxy) is 2. The van der Waals surface area contributed by atoms with Crippen LogP contribution in [0.2, 0.25) is 0 Å². The number of hydrogen-bond acceptors (Lipinski definition) is 3. The van der Waals surface area contributed by atoms with Gasteiger partial charge in [0.1, 0.15) is 13.2 Å². The van der Waals surface area contributed by atoms with Gasteiger partial charge in [0, 0.05) is 43.9 Å². The summed E-state index contributed by atoms with van der Waals surface area (Å²) in [6, 6.07) is 7.15. The fourth-order valence-electron chi connectivity index (χ4n) is 11.4. The van der Waals surface area contributed by atoms with Gasteiger partial charge in [-0.25, -0.2) is 0 Å². The number of aliphatic hydroxyl groups excluding tert-OH is 1. The fraction of sp³-hybridized carbons (Fsp3) is 0.744. The first-order chi connectivity index (χ1) is 21.1. The van der Waals surface area contributed by atoms with Crippen LogP contribution in [0.4, 0.5) is 0 Å². The zero-order valence-electron chi connectivity index (χ0n) is 28.5. The first-order valence-corrected chi connectivity index (χ1v) is 18.1. The van der Waals surface area contributed by atoms with Gasteiger partial charge in [-0.05, 0) is 78.5 Å². The van der Waals surface area contributed by atoms with E-state index in [0.717, 1.165) is 52.9 Å². The molecule has 5 nitrogen and oxygen atoms in total. The average molecular weight is 605 g/mol. The number of benzene rings is 1. The fourth-order valence-corrected chi connectivity index (χ4v) is 11.4. The molecule has 44 heavy (non-hydrogen) atoms. The monoisotopic (exact) mass is 604 g/mol. The normalized spacial score (nSPS) is 39.8. The van der Waals surface area contributed by atoms with Crippen molar-refractivity contribution in [2.45, 2.75) is 96.6 Å².